The quantitative estimate of drug-likeness (QED) is 0.152. The largest absolute Gasteiger partial charge is 0.369 e. The number of para-hydroxylation sites is 4. The van der Waals surface area contributed by atoms with Crippen LogP contribution >= 0.6 is 22.7 Å². The monoisotopic (exact) mass is 806 g/mol. The highest BCUT2D eigenvalue weighted by atomic mass is 32.1. The maximum atomic E-state index is 16.2. The third-order valence-electron chi connectivity index (χ3n) is 12.7. The minimum Gasteiger partial charge on any atom is -0.369 e. The Morgan fingerprint density at radius 3 is 1.34 bits per heavy atom. The second-order valence-electron chi connectivity index (χ2n) is 16.4. The van der Waals surface area contributed by atoms with Crippen molar-refractivity contribution < 1.29 is 4.79 Å². The van der Waals surface area contributed by atoms with Gasteiger partial charge in [0.05, 0.1) is 31.8 Å². The number of nitrogens with zero attached hydrogens (tertiary/aromatic N) is 8. The Bertz CT molecular complexity index is 2660. The Morgan fingerprint density at radius 1 is 0.534 bits per heavy atom. The number of benzene rings is 4. The summed E-state index contributed by atoms with van der Waals surface area (Å²) in [7, 11) is 0. The summed E-state index contributed by atoms with van der Waals surface area (Å²) in [6.45, 7) is 19.7. The van der Waals surface area contributed by atoms with Crippen molar-refractivity contribution in [3.63, 3.8) is 0 Å². The minimum atomic E-state index is -0.432. The van der Waals surface area contributed by atoms with E-state index in [1.807, 2.05) is 12.1 Å². The van der Waals surface area contributed by atoms with Gasteiger partial charge in [0, 0.05) is 75.1 Å². The average molecular weight is 807 g/mol. The van der Waals surface area contributed by atoms with E-state index in [1.54, 1.807) is 22.7 Å². The molecule has 296 valence electrons. The number of carbonyl (C=O) groups is 1. The fraction of sp³-hybridized carbons (Fsp3) is 0.340. The van der Waals surface area contributed by atoms with Gasteiger partial charge in [-0.2, -0.15) is 0 Å². The zero-order valence-electron chi connectivity index (χ0n) is 34.2. The van der Waals surface area contributed by atoms with Gasteiger partial charge in [-0.25, -0.2) is 9.97 Å². The number of ketones is 1. The highest BCUT2D eigenvalue weighted by Gasteiger charge is 2.43. The summed E-state index contributed by atoms with van der Waals surface area (Å²) in [5.74, 6) is 0.245. The predicted octanol–water partition coefficient (Wildman–Crippen LogP) is 9.26. The highest BCUT2D eigenvalue weighted by molar-refractivity contribution is 7.18. The first-order valence-electron chi connectivity index (χ1n) is 20.5. The van der Waals surface area contributed by atoms with Crippen LogP contribution in [0.25, 0.3) is 32.0 Å². The molecule has 0 radical (unpaired) electrons. The van der Waals surface area contributed by atoms with Gasteiger partial charge in [0.25, 0.3) is 0 Å². The van der Waals surface area contributed by atoms with Gasteiger partial charge in [-0.3, -0.25) is 23.4 Å². The molecule has 2 unspecified atom stereocenters. The van der Waals surface area contributed by atoms with Crippen LogP contribution in [-0.2, 0) is 4.79 Å². The zero-order valence-corrected chi connectivity index (χ0v) is 35.8. The Labute approximate surface area is 347 Å². The Morgan fingerprint density at radius 2 is 0.931 bits per heavy atom. The number of rotatable bonds is 8. The molecule has 4 aromatic carbocycles. The Kier molecular flexibility index (Phi) is 9.39. The summed E-state index contributed by atoms with van der Waals surface area (Å²) in [5, 5.41) is 0. The lowest BCUT2D eigenvalue weighted by molar-refractivity contribution is -0.130. The zero-order chi connectivity index (χ0) is 39.8. The second kappa shape index (κ2) is 14.6. The van der Waals surface area contributed by atoms with E-state index >= 15 is 4.79 Å². The van der Waals surface area contributed by atoms with Crippen molar-refractivity contribution in [3.05, 3.63) is 128 Å². The molecule has 0 bridgehead atoms. The first-order chi connectivity index (χ1) is 28.1. The van der Waals surface area contributed by atoms with Crippen LogP contribution in [0.5, 0.6) is 0 Å². The summed E-state index contributed by atoms with van der Waals surface area (Å²) >= 11 is 3.38. The van der Waals surface area contributed by atoms with E-state index in [-0.39, 0.29) is 5.78 Å². The van der Waals surface area contributed by atoms with Crippen molar-refractivity contribution in [3.8, 4) is 0 Å². The number of thiazole rings is 2. The van der Waals surface area contributed by atoms with Crippen LogP contribution in [-0.4, -0.2) is 86.7 Å². The van der Waals surface area contributed by atoms with Crippen molar-refractivity contribution >= 4 is 71.8 Å². The lowest BCUT2D eigenvalue weighted by Gasteiger charge is -2.44. The van der Waals surface area contributed by atoms with Crippen molar-refractivity contribution in [2.45, 2.75) is 53.6 Å². The lowest BCUT2D eigenvalue weighted by Crippen LogP contribution is -2.53. The molecular weight excluding hydrogens is 757 g/mol. The van der Waals surface area contributed by atoms with Crippen LogP contribution in [0, 0.1) is 41.5 Å². The summed E-state index contributed by atoms with van der Waals surface area (Å²) < 4.78 is 4.55. The molecule has 0 N–H and O–H groups in total. The number of aryl methyl sites for hydroxylation is 6. The minimum absolute atomic E-state index is 0.245. The van der Waals surface area contributed by atoms with Crippen LogP contribution in [0.15, 0.2) is 84.9 Å². The van der Waals surface area contributed by atoms with Gasteiger partial charge in [0.2, 0.25) is 0 Å². The number of anilines is 2. The second-order valence-corrected chi connectivity index (χ2v) is 18.4. The third kappa shape index (κ3) is 6.22. The van der Waals surface area contributed by atoms with Crippen molar-refractivity contribution in [1.82, 2.24) is 28.6 Å². The topological polar surface area (TPSA) is 64.6 Å². The van der Waals surface area contributed by atoms with E-state index in [0.29, 0.717) is 0 Å². The number of hydrogen-bond acceptors (Lipinski definition) is 9. The third-order valence-corrected chi connectivity index (χ3v) is 15.0. The number of carbonyl (C=O) groups excluding carboxylic acids is 1. The molecule has 2 aliphatic heterocycles. The molecule has 4 aromatic heterocycles. The molecule has 2 aliphatic rings. The van der Waals surface area contributed by atoms with E-state index in [9.17, 15) is 0 Å². The molecule has 10 rings (SSSR count). The SMILES string of the molecule is Cc1ccc(C)c(N2CCN(C(C(=O)C(c3sc4nc5ccccc5n4c3C)N3CCN(c4cc(C)ccc4C)CC3)c3sc4nc5ccccc5n4c3C)CC2)c1. The van der Waals surface area contributed by atoms with E-state index < -0.39 is 12.1 Å². The normalized spacial score (nSPS) is 17.0. The van der Waals surface area contributed by atoms with Crippen LogP contribution < -0.4 is 9.80 Å². The summed E-state index contributed by atoms with van der Waals surface area (Å²) in [6, 6.07) is 29.3. The number of piperazine rings is 2. The number of aromatic nitrogens is 4. The predicted molar refractivity (Wildman–Crippen MR) is 241 cm³/mol. The molecule has 0 spiro atoms. The molecule has 8 aromatic rings. The van der Waals surface area contributed by atoms with Gasteiger partial charge in [-0.05, 0) is 100 Å². The molecule has 2 fully saturated rings. The van der Waals surface area contributed by atoms with Gasteiger partial charge in [0.1, 0.15) is 12.1 Å². The van der Waals surface area contributed by atoms with E-state index in [0.717, 1.165) is 105 Å². The van der Waals surface area contributed by atoms with Gasteiger partial charge < -0.3 is 9.80 Å². The Hall–Kier alpha value is -5.07. The van der Waals surface area contributed by atoms with Gasteiger partial charge in [0.15, 0.2) is 15.7 Å². The fourth-order valence-electron chi connectivity index (χ4n) is 9.53. The fourth-order valence-corrected chi connectivity index (χ4v) is 12.1. The smallest absolute Gasteiger partial charge is 0.195 e. The molecule has 0 aliphatic carbocycles. The van der Waals surface area contributed by atoms with Crippen molar-refractivity contribution in [1.29, 1.82) is 0 Å². The molecular formula is C47H50N8OS2. The first kappa shape index (κ1) is 37.2. The number of imidazole rings is 2. The summed E-state index contributed by atoms with van der Waals surface area (Å²) in [6.07, 6.45) is 0. The van der Waals surface area contributed by atoms with Crippen LogP contribution in [0.2, 0.25) is 0 Å². The van der Waals surface area contributed by atoms with Crippen LogP contribution in [0.1, 0.15) is 55.5 Å². The van der Waals surface area contributed by atoms with Gasteiger partial charge >= 0.3 is 0 Å². The number of fused-ring (bicyclic) bond motifs is 6. The van der Waals surface area contributed by atoms with E-state index in [1.165, 1.54) is 33.6 Å². The maximum absolute atomic E-state index is 16.2. The van der Waals surface area contributed by atoms with Gasteiger partial charge in [-0.15, -0.1) is 0 Å². The first-order valence-corrected chi connectivity index (χ1v) is 22.2. The molecule has 9 nitrogen and oxygen atoms in total. The van der Waals surface area contributed by atoms with E-state index in [4.69, 9.17) is 9.97 Å². The average Bonchev–Trinajstić information content (AvgIpc) is 3.97. The lowest BCUT2D eigenvalue weighted by atomic mass is 9.96. The Balaban J connectivity index is 1.08. The van der Waals surface area contributed by atoms with Gasteiger partial charge in [-0.1, -0.05) is 71.2 Å². The number of Topliss-reactive ketones (excluding diaryl/α,β-unsaturated/α-hetero) is 1. The molecule has 2 saturated heterocycles. The standard InChI is InChI=1S/C47H50N8OS2/c1-29-15-17-31(3)39(27-29)50-19-23-52(24-20-50)41(44-33(5)54-37-13-9-7-11-35(37)48-46(54)57-44)43(56)42(45-34(6)55-38-14-10-8-12-36(38)49-47(55)58-45)53-25-21-51(22-26-53)40-28-30(2)16-18-32(40)4/h7-18,27-28,41-42H,19-26H2,1-6H3. The van der Waals surface area contributed by atoms with Crippen molar-refractivity contribution in [2.24, 2.45) is 0 Å². The number of hydrogen-bond donors (Lipinski definition) is 0. The summed E-state index contributed by atoms with van der Waals surface area (Å²) in [5.41, 5.74) is 14.1. The van der Waals surface area contributed by atoms with Crippen LogP contribution in [0.4, 0.5) is 11.4 Å². The summed E-state index contributed by atoms with van der Waals surface area (Å²) in [4.78, 5) is 40.4. The molecule has 58 heavy (non-hydrogen) atoms. The molecule has 6 heterocycles. The van der Waals surface area contributed by atoms with Crippen LogP contribution in [0.3, 0.4) is 0 Å². The highest BCUT2D eigenvalue weighted by Crippen LogP contribution is 2.43. The molecule has 0 saturated carbocycles. The molecule has 0 amide bonds. The van der Waals surface area contributed by atoms with E-state index in [2.05, 4.69) is 143 Å². The molecule has 2 atom stereocenters. The maximum Gasteiger partial charge on any atom is 0.195 e. The van der Waals surface area contributed by atoms with Crippen molar-refractivity contribution in [2.75, 3.05) is 62.2 Å². The molecule has 11 heteroatoms.